The SMILES string of the molecule is Nc1c(O)cnc(C(F)F)c1Cl. The Balaban J connectivity index is 3.27. The third kappa shape index (κ3) is 1.40. The number of nitrogen functional groups attached to an aromatic ring is 1. The van der Waals surface area contributed by atoms with Crippen LogP contribution >= 0.6 is 11.6 Å². The predicted molar refractivity (Wildman–Crippen MR) is 40.3 cm³/mol. The normalized spacial score (nSPS) is 10.7. The molecule has 0 unspecified atom stereocenters. The molecule has 0 radical (unpaired) electrons. The molecule has 1 aromatic rings. The molecule has 1 rings (SSSR count). The lowest BCUT2D eigenvalue weighted by Crippen LogP contribution is -1.96. The van der Waals surface area contributed by atoms with Gasteiger partial charge in [0.25, 0.3) is 6.43 Å². The summed E-state index contributed by atoms with van der Waals surface area (Å²) in [5, 5.41) is 8.49. The number of pyridine rings is 1. The summed E-state index contributed by atoms with van der Waals surface area (Å²) in [4.78, 5) is 3.23. The lowest BCUT2D eigenvalue weighted by atomic mass is 10.3. The zero-order chi connectivity index (χ0) is 9.30. The van der Waals surface area contributed by atoms with Crippen LogP contribution in [0.4, 0.5) is 14.5 Å². The third-order valence-corrected chi connectivity index (χ3v) is 1.67. The van der Waals surface area contributed by atoms with Gasteiger partial charge in [-0.2, -0.15) is 0 Å². The van der Waals surface area contributed by atoms with Gasteiger partial charge in [-0.1, -0.05) is 11.6 Å². The quantitative estimate of drug-likeness (QED) is 0.719. The highest BCUT2D eigenvalue weighted by molar-refractivity contribution is 6.34. The summed E-state index contributed by atoms with van der Waals surface area (Å²) in [5.41, 5.74) is 4.27. The van der Waals surface area contributed by atoms with Crippen LogP contribution < -0.4 is 5.73 Å². The van der Waals surface area contributed by atoms with Crippen LogP contribution in [0.5, 0.6) is 5.75 Å². The number of halogens is 3. The van der Waals surface area contributed by atoms with Crippen molar-refractivity contribution in [3.8, 4) is 5.75 Å². The highest BCUT2D eigenvalue weighted by atomic mass is 35.5. The molecule has 1 heterocycles. The summed E-state index contributed by atoms with van der Waals surface area (Å²) in [6.07, 6.45) is -1.96. The molecule has 1 aromatic heterocycles. The van der Waals surface area contributed by atoms with Crippen LogP contribution in [-0.4, -0.2) is 10.1 Å². The second-order valence-corrected chi connectivity index (χ2v) is 2.43. The van der Waals surface area contributed by atoms with Crippen molar-refractivity contribution in [2.24, 2.45) is 0 Å². The summed E-state index contributed by atoms with van der Waals surface area (Å²) < 4.78 is 24.1. The van der Waals surface area contributed by atoms with E-state index in [1.54, 1.807) is 0 Å². The minimum atomic E-state index is -2.79. The summed E-state index contributed by atoms with van der Waals surface area (Å²) in [7, 11) is 0. The Morgan fingerprint density at radius 3 is 2.67 bits per heavy atom. The molecule has 0 spiro atoms. The molecule has 0 saturated carbocycles. The van der Waals surface area contributed by atoms with Crippen molar-refractivity contribution in [3.63, 3.8) is 0 Å². The molecule has 3 N–H and O–H groups in total. The first-order valence-electron chi connectivity index (χ1n) is 2.95. The first-order chi connectivity index (χ1) is 5.54. The second kappa shape index (κ2) is 3.10. The number of aromatic nitrogens is 1. The molecular formula is C6H5ClF2N2O. The third-order valence-electron chi connectivity index (χ3n) is 1.27. The van der Waals surface area contributed by atoms with Crippen molar-refractivity contribution in [1.29, 1.82) is 0 Å². The van der Waals surface area contributed by atoms with E-state index in [2.05, 4.69) is 4.98 Å². The van der Waals surface area contributed by atoms with Crippen molar-refractivity contribution in [3.05, 3.63) is 16.9 Å². The Morgan fingerprint density at radius 2 is 2.17 bits per heavy atom. The molecule has 0 aliphatic heterocycles. The van der Waals surface area contributed by atoms with E-state index in [1.165, 1.54) is 0 Å². The molecular weight excluding hydrogens is 190 g/mol. The van der Waals surface area contributed by atoms with Crippen LogP contribution in [0.3, 0.4) is 0 Å². The summed E-state index contributed by atoms with van der Waals surface area (Å²) in [6.45, 7) is 0. The van der Waals surface area contributed by atoms with Crippen molar-refractivity contribution in [1.82, 2.24) is 4.98 Å². The van der Waals surface area contributed by atoms with Gasteiger partial charge in [0.2, 0.25) is 0 Å². The van der Waals surface area contributed by atoms with Gasteiger partial charge in [-0.3, -0.25) is 0 Å². The van der Waals surface area contributed by atoms with E-state index in [4.69, 9.17) is 22.4 Å². The Kier molecular flexibility index (Phi) is 2.32. The van der Waals surface area contributed by atoms with Crippen LogP contribution in [-0.2, 0) is 0 Å². The largest absolute Gasteiger partial charge is 0.504 e. The maximum atomic E-state index is 12.1. The van der Waals surface area contributed by atoms with Gasteiger partial charge in [0.1, 0.15) is 5.69 Å². The lowest BCUT2D eigenvalue weighted by Gasteiger charge is -2.05. The standard InChI is InChI=1S/C6H5ClF2N2O/c7-3-4(10)2(12)1-11-5(3)6(8)9/h1,6,12H,(H2,10,11). The Hall–Kier alpha value is -1.10. The average Bonchev–Trinajstić information content (AvgIpc) is 2.00. The van der Waals surface area contributed by atoms with Crippen LogP contribution in [0, 0.1) is 0 Å². The van der Waals surface area contributed by atoms with Crippen molar-refractivity contribution in [2.75, 3.05) is 5.73 Å². The van der Waals surface area contributed by atoms with E-state index < -0.39 is 22.9 Å². The maximum Gasteiger partial charge on any atom is 0.281 e. The first-order valence-corrected chi connectivity index (χ1v) is 3.32. The maximum absolute atomic E-state index is 12.1. The lowest BCUT2D eigenvalue weighted by molar-refractivity contribution is 0.146. The van der Waals surface area contributed by atoms with Crippen molar-refractivity contribution in [2.45, 2.75) is 6.43 Å². The van der Waals surface area contributed by atoms with Crippen LogP contribution in [0.2, 0.25) is 5.02 Å². The van der Waals surface area contributed by atoms with E-state index in [1.807, 2.05) is 0 Å². The van der Waals surface area contributed by atoms with E-state index in [0.717, 1.165) is 6.20 Å². The molecule has 0 aromatic carbocycles. The zero-order valence-electron chi connectivity index (χ0n) is 5.76. The van der Waals surface area contributed by atoms with Gasteiger partial charge >= 0.3 is 0 Å². The van der Waals surface area contributed by atoms with Gasteiger partial charge in [0.05, 0.1) is 16.9 Å². The van der Waals surface area contributed by atoms with E-state index in [-0.39, 0.29) is 5.69 Å². The molecule has 3 nitrogen and oxygen atoms in total. The van der Waals surface area contributed by atoms with E-state index in [0.29, 0.717) is 0 Å². The van der Waals surface area contributed by atoms with E-state index in [9.17, 15) is 8.78 Å². The smallest absolute Gasteiger partial charge is 0.281 e. The van der Waals surface area contributed by atoms with Crippen LogP contribution in [0.15, 0.2) is 6.20 Å². The van der Waals surface area contributed by atoms with Gasteiger partial charge < -0.3 is 10.8 Å². The number of alkyl halides is 2. The summed E-state index contributed by atoms with van der Waals surface area (Å²) >= 11 is 5.37. The highest BCUT2D eigenvalue weighted by Crippen LogP contribution is 2.34. The van der Waals surface area contributed by atoms with Gasteiger partial charge in [0.15, 0.2) is 5.75 Å². The fourth-order valence-electron chi connectivity index (χ4n) is 0.659. The first kappa shape index (κ1) is 8.99. The Labute approximate surface area is 71.8 Å². The summed E-state index contributed by atoms with van der Waals surface area (Å²) in [6, 6.07) is 0. The molecule has 0 saturated heterocycles. The molecule has 6 heteroatoms. The highest BCUT2D eigenvalue weighted by Gasteiger charge is 2.17. The molecule has 66 valence electrons. The topological polar surface area (TPSA) is 59.1 Å². The number of anilines is 1. The minimum Gasteiger partial charge on any atom is -0.504 e. The van der Waals surface area contributed by atoms with Gasteiger partial charge in [0, 0.05) is 0 Å². The molecule has 0 aliphatic rings. The molecule has 0 bridgehead atoms. The second-order valence-electron chi connectivity index (χ2n) is 2.06. The van der Waals surface area contributed by atoms with Crippen LogP contribution in [0.25, 0.3) is 0 Å². The fourth-order valence-corrected chi connectivity index (χ4v) is 0.888. The number of rotatable bonds is 1. The van der Waals surface area contributed by atoms with E-state index >= 15 is 0 Å². The van der Waals surface area contributed by atoms with Gasteiger partial charge in [-0.25, -0.2) is 13.8 Å². The zero-order valence-corrected chi connectivity index (χ0v) is 6.52. The Bertz CT molecular complexity index is 306. The van der Waals surface area contributed by atoms with Crippen LogP contribution in [0.1, 0.15) is 12.1 Å². The molecule has 12 heavy (non-hydrogen) atoms. The fraction of sp³-hybridized carbons (Fsp3) is 0.167. The van der Waals surface area contributed by atoms with Crippen molar-refractivity contribution < 1.29 is 13.9 Å². The minimum absolute atomic E-state index is 0.276. The molecule has 0 amide bonds. The summed E-state index contributed by atoms with van der Waals surface area (Å²) in [5.74, 6) is -0.399. The van der Waals surface area contributed by atoms with Gasteiger partial charge in [-0.15, -0.1) is 0 Å². The molecule has 0 atom stereocenters. The predicted octanol–water partition coefficient (Wildman–Crippen LogP) is 1.96. The van der Waals surface area contributed by atoms with Gasteiger partial charge in [-0.05, 0) is 0 Å². The molecule has 0 aliphatic carbocycles. The number of aromatic hydroxyl groups is 1. The molecule has 0 fully saturated rings. The number of hydrogen-bond acceptors (Lipinski definition) is 3. The number of nitrogens with zero attached hydrogens (tertiary/aromatic N) is 1. The Morgan fingerprint density at radius 1 is 1.58 bits per heavy atom. The number of nitrogens with two attached hydrogens (primary N) is 1. The number of hydrogen-bond donors (Lipinski definition) is 2. The van der Waals surface area contributed by atoms with Crippen molar-refractivity contribution >= 4 is 17.3 Å². The monoisotopic (exact) mass is 194 g/mol. The average molecular weight is 195 g/mol.